The number of aromatic nitrogens is 2. The van der Waals surface area contributed by atoms with Gasteiger partial charge in [0.1, 0.15) is 11.9 Å². The highest BCUT2D eigenvalue weighted by Gasteiger charge is 2.20. The number of nitrogens with one attached hydrogen (secondary N) is 1. The number of thioether (sulfide) groups is 1. The first-order valence-corrected chi connectivity index (χ1v) is 7.84. The van der Waals surface area contributed by atoms with Crippen molar-refractivity contribution in [1.29, 1.82) is 0 Å². The summed E-state index contributed by atoms with van der Waals surface area (Å²) in [6.07, 6.45) is -0.00971. The van der Waals surface area contributed by atoms with E-state index in [2.05, 4.69) is 27.4 Å². The van der Waals surface area contributed by atoms with Gasteiger partial charge in [-0.15, -0.1) is 0 Å². The molecule has 1 fully saturated rings. The molecule has 104 valence electrons. The minimum atomic E-state index is -0.00971. The molecule has 0 amide bonds. The predicted octanol–water partition coefficient (Wildman–Crippen LogP) is 2.99. The first-order valence-electron chi connectivity index (χ1n) is 6.68. The molecule has 2 heterocycles. The maximum atomic E-state index is 5.78. The summed E-state index contributed by atoms with van der Waals surface area (Å²) in [5.41, 5.74) is 2.02. The summed E-state index contributed by atoms with van der Waals surface area (Å²) in [6, 6.07) is 12.1. The van der Waals surface area contributed by atoms with Gasteiger partial charge in [-0.2, -0.15) is 11.8 Å². The molecule has 1 aliphatic heterocycles. The van der Waals surface area contributed by atoms with Crippen LogP contribution in [0.25, 0.3) is 11.3 Å². The normalized spacial score (nSPS) is 18.8. The summed E-state index contributed by atoms with van der Waals surface area (Å²) < 4.78 is 5.78. The van der Waals surface area contributed by atoms with Crippen LogP contribution in [0.4, 0.5) is 5.82 Å². The van der Waals surface area contributed by atoms with E-state index >= 15 is 0 Å². The summed E-state index contributed by atoms with van der Waals surface area (Å²) in [6.45, 7) is 0.767. The highest BCUT2D eigenvalue weighted by molar-refractivity contribution is 7.99. The number of hydrogen-bond acceptors (Lipinski definition) is 5. The van der Waals surface area contributed by atoms with Crippen molar-refractivity contribution in [2.24, 2.45) is 0 Å². The summed E-state index contributed by atoms with van der Waals surface area (Å²) in [5.74, 6) is 3.56. The van der Waals surface area contributed by atoms with E-state index in [4.69, 9.17) is 4.74 Å². The van der Waals surface area contributed by atoms with Crippen LogP contribution in [0.15, 0.2) is 36.4 Å². The fraction of sp³-hybridized carbons (Fsp3) is 0.333. The van der Waals surface area contributed by atoms with Gasteiger partial charge in [-0.3, -0.25) is 0 Å². The van der Waals surface area contributed by atoms with Crippen LogP contribution in [0.2, 0.25) is 0 Å². The number of ether oxygens (including phenoxy) is 1. The zero-order valence-corrected chi connectivity index (χ0v) is 12.2. The SMILES string of the molecule is CNc1cc(-c2ccccc2)nc(C2CSCCO2)n1. The maximum absolute atomic E-state index is 5.78. The molecule has 2 aromatic rings. The van der Waals surface area contributed by atoms with E-state index in [1.165, 1.54) is 0 Å². The number of nitrogens with zero attached hydrogens (tertiary/aromatic N) is 2. The Hall–Kier alpha value is -1.59. The Morgan fingerprint density at radius 1 is 1.25 bits per heavy atom. The van der Waals surface area contributed by atoms with Crippen molar-refractivity contribution in [1.82, 2.24) is 9.97 Å². The Morgan fingerprint density at radius 3 is 2.80 bits per heavy atom. The molecule has 1 aromatic carbocycles. The number of hydrogen-bond donors (Lipinski definition) is 1. The van der Waals surface area contributed by atoms with Gasteiger partial charge in [0, 0.05) is 30.2 Å². The van der Waals surface area contributed by atoms with Crippen molar-refractivity contribution < 1.29 is 4.74 Å². The Balaban J connectivity index is 1.98. The molecule has 0 bridgehead atoms. The van der Waals surface area contributed by atoms with E-state index in [-0.39, 0.29) is 6.10 Å². The molecule has 5 heteroatoms. The van der Waals surface area contributed by atoms with Crippen molar-refractivity contribution in [3.05, 3.63) is 42.2 Å². The quantitative estimate of drug-likeness (QED) is 0.940. The van der Waals surface area contributed by atoms with E-state index < -0.39 is 0 Å². The first-order chi connectivity index (χ1) is 9.86. The largest absolute Gasteiger partial charge is 0.373 e. The summed E-state index contributed by atoms with van der Waals surface area (Å²) in [5, 5.41) is 3.10. The maximum Gasteiger partial charge on any atom is 0.160 e. The van der Waals surface area contributed by atoms with Gasteiger partial charge in [-0.25, -0.2) is 9.97 Å². The third kappa shape index (κ3) is 2.94. The highest BCUT2D eigenvalue weighted by atomic mass is 32.2. The number of anilines is 1. The second kappa shape index (κ2) is 6.24. The van der Waals surface area contributed by atoms with Crippen LogP contribution in [0.1, 0.15) is 11.9 Å². The molecule has 1 atom stereocenters. The zero-order chi connectivity index (χ0) is 13.8. The topological polar surface area (TPSA) is 47.0 Å². The molecule has 4 nitrogen and oxygen atoms in total. The van der Waals surface area contributed by atoms with Crippen molar-refractivity contribution in [3.63, 3.8) is 0 Å². The van der Waals surface area contributed by atoms with Gasteiger partial charge < -0.3 is 10.1 Å². The van der Waals surface area contributed by atoms with Crippen LogP contribution in [-0.2, 0) is 4.74 Å². The van der Waals surface area contributed by atoms with Gasteiger partial charge in [0.15, 0.2) is 5.82 Å². The first kappa shape index (κ1) is 13.4. The van der Waals surface area contributed by atoms with Crippen molar-refractivity contribution in [2.75, 3.05) is 30.5 Å². The molecule has 0 radical (unpaired) electrons. The average molecular weight is 287 g/mol. The van der Waals surface area contributed by atoms with E-state index in [1.54, 1.807) is 0 Å². The molecular weight excluding hydrogens is 270 g/mol. The Morgan fingerprint density at radius 2 is 2.10 bits per heavy atom. The van der Waals surface area contributed by atoms with Crippen LogP contribution in [0.3, 0.4) is 0 Å². The molecule has 0 aliphatic carbocycles. The van der Waals surface area contributed by atoms with Gasteiger partial charge in [0.05, 0.1) is 12.3 Å². The van der Waals surface area contributed by atoms with E-state index in [0.717, 1.165) is 41.0 Å². The number of benzene rings is 1. The Bertz CT molecular complexity index is 571. The summed E-state index contributed by atoms with van der Waals surface area (Å²) in [4.78, 5) is 9.23. The minimum Gasteiger partial charge on any atom is -0.373 e. The highest BCUT2D eigenvalue weighted by Crippen LogP contribution is 2.27. The van der Waals surface area contributed by atoms with Crippen LogP contribution >= 0.6 is 11.8 Å². The lowest BCUT2D eigenvalue weighted by atomic mass is 10.1. The van der Waals surface area contributed by atoms with Crippen LogP contribution < -0.4 is 5.32 Å². The lowest BCUT2D eigenvalue weighted by Crippen LogP contribution is -2.18. The van der Waals surface area contributed by atoms with Crippen LogP contribution in [0, 0.1) is 0 Å². The Labute approximate surface area is 123 Å². The molecule has 0 saturated carbocycles. The van der Waals surface area contributed by atoms with Crippen molar-refractivity contribution in [2.45, 2.75) is 6.10 Å². The predicted molar refractivity (Wildman–Crippen MR) is 83.0 cm³/mol. The zero-order valence-electron chi connectivity index (χ0n) is 11.4. The van der Waals surface area contributed by atoms with Gasteiger partial charge in [0.25, 0.3) is 0 Å². The number of rotatable bonds is 3. The van der Waals surface area contributed by atoms with Gasteiger partial charge in [-0.05, 0) is 0 Å². The second-order valence-corrected chi connectivity index (χ2v) is 5.70. The van der Waals surface area contributed by atoms with Crippen molar-refractivity contribution in [3.8, 4) is 11.3 Å². The molecule has 20 heavy (non-hydrogen) atoms. The van der Waals surface area contributed by atoms with E-state index in [0.29, 0.717) is 0 Å². The third-order valence-electron chi connectivity index (χ3n) is 3.17. The molecular formula is C15H17N3OS. The van der Waals surface area contributed by atoms with E-state index in [1.807, 2.05) is 43.1 Å². The standard InChI is InChI=1S/C15H17N3OS/c1-16-14-9-12(11-5-3-2-4-6-11)17-15(18-14)13-10-20-8-7-19-13/h2-6,9,13H,7-8,10H2,1H3,(H,16,17,18). The smallest absolute Gasteiger partial charge is 0.160 e. The third-order valence-corrected chi connectivity index (χ3v) is 4.17. The lowest BCUT2D eigenvalue weighted by molar-refractivity contribution is 0.0696. The minimum absolute atomic E-state index is 0.00971. The van der Waals surface area contributed by atoms with Gasteiger partial charge >= 0.3 is 0 Å². The molecule has 1 aliphatic rings. The molecule has 3 rings (SSSR count). The second-order valence-electron chi connectivity index (χ2n) is 4.55. The molecule has 1 unspecified atom stereocenters. The fourth-order valence-electron chi connectivity index (χ4n) is 2.13. The van der Waals surface area contributed by atoms with Gasteiger partial charge in [-0.1, -0.05) is 30.3 Å². The van der Waals surface area contributed by atoms with Gasteiger partial charge in [0.2, 0.25) is 0 Å². The summed E-state index contributed by atoms with van der Waals surface area (Å²) >= 11 is 1.89. The Kier molecular flexibility index (Phi) is 4.18. The molecule has 1 N–H and O–H groups in total. The van der Waals surface area contributed by atoms with Crippen LogP contribution in [-0.4, -0.2) is 35.1 Å². The van der Waals surface area contributed by atoms with Crippen molar-refractivity contribution >= 4 is 17.6 Å². The molecule has 1 saturated heterocycles. The molecule has 0 spiro atoms. The summed E-state index contributed by atoms with van der Waals surface area (Å²) in [7, 11) is 1.87. The monoisotopic (exact) mass is 287 g/mol. The van der Waals surface area contributed by atoms with E-state index in [9.17, 15) is 0 Å². The average Bonchev–Trinajstić information content (AvgIpc) is 2.56. The lowest BCUT2D eigenvalue weighted by Gasteiger charge is -2.21. The van der Waals surface area contributed by atoms with Crippen LogP contribution in [0.5, 0.6) is 0 Å². The molecule has 1 aromatic heterocycles. The fourth-order valence-corrected chi connectivity index (χ4v) is 2.97.